The molecule has 156 valence electrons. The average molecular weight is 431 g/mol. The Hall–Kier alpha value is -3.34. The van der Waals surface area contributed by atoms with Crippen LogP contribution >= 0.6 is 0 Å². The zero-order chi connectivity index (χ0) is 21.3. The maximum absolute atomic E-state index is 14.6. The number of nitro benzene ring substituents is 1. The van der Waals surface area contributed by atoms with Gasteiger partial charge in [-0.05, 0) is 37.1 Å². The molecule has 1 N–H and O–H groups in total. The van der Waals surface area contributed by atoms with E-state index in [4.69, 9.17) is 0 Å². The fourth-order valence-electron chi connectivity index (χ4n) is 3.49. The number of para-hydroxylation sites is 1. The number of nitrogens with one attached hydrogen (secondary N) is 1. The molecule has 0 saturated carbocycles. The second-order valence-corrected chi connectivity index (χ2v) is 8.58. The monoisotopic (exact) mass is 431 g/mol. The lowest BCUT2D eigenvalue weighted by Crippen LogP contribution is -2.15. The summed E-state index contributed by atoms with van der Waals surface area (Å²) in [5, 5.41) is 19.4. The minimum atomic E-state index is -4.27. The first kappa shape index (κ1) is 20.0. The van der Waals surface area contributed by atoms with Gasteiger partial charge in [0.2, 0.25) is 0 Å². The van der Waals surface area contributed by atoms with Gasteiger partial charge in [0.05, 0.1) is 10.5 Å². The van der Waals surface area contributed by atoms with Gasteiger partial charge >= 0.3 is 0 Å². The molecular weight excluding hydrogens is 413 g/mol. The minimum absolute atomic E-state index is 0.0653. The van der Waals surface area contributed by atoms with Crippen LogP contribution in [0.2, 0.25) is 0 Å². The Morgan fingerprint density at radius 3 is 2.70 bits per heavy atom. The molecule has 0 saturated heterocycles. The van der Waals surface area contributed by atoms with E-state index in [1.54, 1.807) is 0 Å². The van der Waals surface area contributed by atoms with Gasteiger partial charge in [0.25, 0.3) is 15.7 Å². The second-order valence-electron chi connectivity index (χ2n) is 6.93. The summed E-state index contributed by atoms with van der Waals surface area (Å²) in [4.78, 5) is 9.94. The van der Waals surface area contributed by atoms with E-state index in [1.807, 2.05) is 4.57 Å². The summed E-state index contributed by atoms with van der Waals surface area (Å²) >= 11 is 0. The average Bonchev–Trinajstić information content (AvgIpc) is 2.97. The summed E-state index contributed by atoms with van der Waals surface area (Å²) in [6, 6.07) is 8.73. The lowest BCUT2D eigenvalue weighted by molar-refractivity contribution is -0.387. The number of benzene rings is 2. The Morgan fingerprint density at radius 2 is 1.90 bits per heavy atom. The highest BCUT2D eigenvalue weighted by molar-refractivity contribution is 7.92. The first-order valence-electron chi connectivity index (χ1n) is 9.35. The fourth-order valence-corrected chi connectivity index (χ4v) is 4.71. The van der Waals surface area contributed by atoms with Gasteiger partial charge in [-0.25, -0.2) is 12.8 Å². The largest absolute Gasteiger partial charge is 0.311 e. The van der Waals surface area contributed by atoms with Crippen LogP contribution in [-0.4, -0.2) is 28.1 Å². The normalized spacial score (nSPS) is 14.0. The maximum Gasteiger partial charge on any atom is 0.289 e. The van der Waals surface area contributed by atoms with Crippen LogP contribution in [0.4, 0.5) is 15.8 Å². The molecule has 0 aliphatic carbocycles. The minimum Gasteiger partial charge on any atom is -0.311 e. The number of nitro groups is 1. The van der Waals surface area contributed by atoms with Crippen LogP contribution in [0.15, 0.2) is 47.4 Å². The number of nitrogens with zero attached hydrogens (tertiary/aromatic N) is 4. The molecule has 9 nitrogen and oxygen atoms in total. The van der Waals surface area contributed by atoms with Gasteiger partial charge in [-0.2, -0.15) is 0 Å². The summed E-state index contributed by atoms with van der Waals surface area (Å²) in [5.41, 5.74) is -0.371. The number of rotatable bonds is 5. The zero-order valence-electron chi connectivity index (χ0n) is 15.8. The number of sulfonamides is 1. The van der Waals surface area contributed by atoms with Crippen molar-refractivity contribution in [3.8, 4) is 11.4 Å². The Morgan fingerprint density at radius 1 is 1.10 bits per heavy atom. The van der Waals surface area contributed by atoms with Crippen molar-refractivity contribution in [2.24, 2.45) is 0 Å². The molecule has 0 spiro atoms. The number of aryl methyl sites for hydroxylation is 1. The van der Waals surface area contributed by atoms with Crippen LogP contribution < -0.4 is 4.72 Å². The van der Waals surface area contributed by atoms with Crippen molar-refractivity contribution in [2.75, 3.05) is 4.72 Å². The van der Waals surface area contributed by atoms with Crippen molar-refractivity contribution in [3.05, 3.63) is 64.2 Å². The first-order chi connectivity index (χ1) is 14.4. The van der Waals surface area contributed by atoms with E-state index in [2.05, 4.69) is 14.9 Å². The number of hydrogen-bond acceptors (Lipinski definition) is 6. The zero-order valence-corrected chi connectivity index (χ0v) is 16.6. The molecule has 4 rings (SSSR count). The molecular formula is C19H18FN5O4S. The Kier molecular flexibility index (Phi) is 5.20. The van der Waals surface area contributed by atoms with Crippen molar-refractivity contribution in [1.29, 1.82) is 0 Å². The summed E-state index contributed by atoms with van der Waals surface area (Å²) < 4.78 is 44.2. The van der Waals surface area contributed by atoms with Crippen LogP contribution in [0.5, 0.6) is 0 Å². The van der Waals surface area contributed by atoms with Crippen molar-refractivity contribution in [3.63, 3.8) is 0 Å². The molecule has 1 aromatic heterocycles. The van der Waals surface area contributed by atoms with E-state index in [1.165, 1.54) is 24.3 Å². The van der Waals surface area contributed by atoms with E-state index in [-0.39, 0.29) is 11.3 Å². The molecule has 30 heavy (non-hydrogen) atoms. The van der Waals surface area contributed by atoms with Crippen molar-refractivity contribution in [2.45, 2.75) is 37.1 Å². The summed E-state index contributed by atoms with van der Waals surface area (Å²) in [6.07, 6.45) is 3.69. The second kappa shape index (κ2) is 7.82. The van der Waals surface area contributed by atoms with E-state index in [9.17, 15) is 22.9 Å². The van der Waals surface area contributed by atoms with Crippen LogP contribution in [0.3, 0.4) is 0 Å². The third kappa shape index (κ3) is 3.75. The van der Waals surface area contributed by atoms with E-state index < -0.39 is 31.3 Å². The number of anilines is 1. The van der Waals surface area contributed by atoms with Crippen LogP contribution in [0, 0.1) is 15.9 Å². The molecule has 1 aliphatic rings. The van der Waals surface area contributed by atoms with Crippen molar-refractivity contribution >= 4 is 21.4 Å². The molecule has 3 aromatic rings. The van der Waals surface area contributed by atoms with Gasteiger partial charge in [0.1, 0.15) is 11.6 Å². The predicted molar refractivity (Wildman–Crippen MR) is 107 cm³/mol. The molecule has 0 radical (unpaired) electrons. The summed E-state index contributed by atoms with van der Waals surface area (Å²) in [6.45, 7) is 0.656. The lowest BCUT2D eigenvalue weighted by atomic mass is 10.1. The van der Waals surface area contributed by atoms with Crippen molar-refractivity contribution in [1.82, 2.24) is 14.8 Å². The third-order valence-electron chi connectivity index (χ3n) is 4.92. The molecule has 0 unspecified atom stereocenters. The molecule has 0 fully saturated rings. The van der Waals surface area contributed by atoms with Gasteiger partial charge in [-0.3, -0.25) is 14.8 Å². The van der Waals surface area contributed by atoms with Gasteiger partial charge in [0.15, 0.2) is 10.7 Å². The van der Waals surface area contributed by atoms with E-state index in [0.29, 0.717) is 12.4 Å². The maximum atomic E-state index is 14.6. The van der Waals surface area contributed by atoms with Gasteiger partial charge in [-0.15, -0.1) is 10.2 Å². The lowest BCUT2D eigenvalue weighted by Gasteiger charge is -2.12. The van der Waals surface area contributed by atoms with Gasteiger partial charge < -0.3 is 4.57 Å². The highest BCUT2D eigenvalue weighted by Crippen LogP contribution is 2.30. The number of fused-ring (bicyclic) bond motifs is 1. The summed E-state index contributed by atoms with van der Waals surface area (Å²) in [7, 11) is -4.27. The molecule has 2 aromatic carbocycles. The number of halogens is 1. The van der Waals surface area contributed by atoms with Gasteiger partial charge in [-0.1, -0.05) is 18.6 Å². The number of aromatic nitrogens is 3. The molecule has 0 bridgehead atoms. The first-order valence-corrected chi connectivity index (χ1v) is 10.8. The Labute approximate surface area is 171 Å². The van der Waals surface area contributed by atoms with Crippen molar-refractivity contribution < 1.29 is 17.7 Å². The van der Waals surface area contributed by atoms with Crippen LogP contribution in [0.25, 0.3) is 11.4 Å². The third-order valence-corrected chi connectivity index (χ3v) is 6.35. The molecule has 2 heterocycles. The Balaban J connectivity index is 1.72. The SMILES string of the molecule is O=[N+]([O-])c1ccccc1S(=O)(=O)Nc1ccc(F)c(-c2nnc3n2CCCCC3)c1. The Bertz CT molecular complexity index is 1230. The summed E-state index contributed by atoms with van der Waals surface area (Å²) in [5.74, 6) is 0.534. The smallest absolute Gasteiger partial charge is 0.289 e. The number of hydrogen-bond donors (Lipinski definition) is 1. The topological polar surface area (TPSA) is 120 Å². The molecule has 1 aliphatic heterocycles. The predicted octanol–water partition coefficient (Wildman–Crippen LogP) is 3.52. The van der Waals surface area contributed by atoms with Crippen LogP contribution in [-0.2, 0) is 23.0 Å². The standard InChI is InChI=1S/C19H18FN5O4S/c20-15-10-9-13(23-30(28,29)17-7-4-3-6-16(17)25(26)27)12-14(15)19-22-21-18-8-2-1-5-11-24(18)19/h3-4,6-7,9-10,12,23H,1-2,5,8,11H2. The molecule has 0 amide bonds. The molecule has 11 heteroatoms. The highest BCUT2D eigenvalue weighted by atomic mass is 32.2. The van der Waals surface area contributed by atoms with Gasteiger partial charge in [0, 0.05) is 24.7 Å². The molecule has 0 atom stereocenters. The van der Waals surface area contributed by atoms with E-state index in [0.717, 1.165) is 49.7 Å². The quantitative estimate of drug-likeness (QED) is 0.487. The fraction of sp³-hybridized carbons (Fsp3) is 0.263. The van der Waals surface area contributed by atoms with E-state index >= 15 is 0 Å². The van der Waals surface area contributed by atoms with Crippen LogP contribution in [0.1, 0.15) is 25.1 Å². The highest BCUT2D eigenvalue weighted by Gasteiger charge is 2.26.